The predicted molar refractivity (Wildman–Crippen MR) is 145 cm³/mol. The SMILES string of the molecule is C(=C\c1ccccc1)/CCCN1CCCC1.CNC(=O)CCCCCC(=O)c1ccc(OC)cc1. The van der Waals surface area contributed by atoms with Crippen molar-refractivity contribution in [1.82, 2.24) is 10.2 Å². The van der Waals surface area contributed by atoms with Gasteiger partial charge in [0.1, 0.15) is 5.75 Å². The second-order valence-electron chi connectivity index (χ2n) is 8.89. The summed E-state index contributed by atoms with van der Waals surface area (Å²) < 4.78 is 5.05. The summed E-state index contributed by atoms with van der Waals surface area (Å²) in [6.07, 6.45) is 13.4. The first kappa shape index (κ1) is 28.3. The van der Waals surface area contributed by atoms with Crippen molar-refractivity contribution in [3.8, 4) is 5.75 Å². The Labute approximate surface area is 211 Å². The van der Waals surface area contributed by atoms with Crippen LogP contribution in [0.25, 0.3) is 6.08 Å². The van der Waals surface area contributed by atoms with Crippen LogP contribution >= 0.6 is 0 Å². The van der Waals surface area contributed by atoms with E-state index in [1.54, 1.807) is 38.4 Å². The average Bonchev–Trinajstić information content (AvgIpc) is 3.42. The summed E-state index contributed by atoms with van der Waals surface area (Å²) in [5, 5.41) is 2.58. The standard InChI is InChI=1S/C15H21NO3.C15H21N/c1-16-15(18)7-5-3-4-6-14(17)12-8-10-13(19-2)11-9-12;1-3-9-15(10-4-1)11-5-2-6-12-16-13-7-8-14-16/h8-11H,3-7H2,1-2H3,(H,16,18);1,3-5,9-11H,2,6-8,12-14H2/b;11-5+. The molecular weight excluding hydrogens is 436 g/mol. The third-order valence-electron chi connectivity index (χ3n) is 6.15. The van der Waals surface area contributed by atoms with E-state index in [-0.39, 0.29) is 11.7 Å². The molecule has 3 rings (SSSR count). The number of ether oxygens (including phenoxy) is 1. The van der Waals surface area contributed by atoms with Crippen LogP contribution in [0.4, 0.5) is 0 Å². The van der Waals surface area contributed by atoms with Crippen LogP contribution in [0.2, 0.25) is 0 Å². The molecule has 0 aliphatic carbocycles. The van der Waals surface area contributed by atoms with Gasteiger partial charge in [-0.1, -0.05) is 48.9 Å². The Bertz CT molecular complexity index is 872. The summed E-state index contributed by atoms with van der Waals surface area (Å²) in [5.74, 6) is 0.950. The van der Waals surface area contributed by atoms with E-state index < -0.39 is 0 Å². The zero-order valence-corrected chi connectivity index (χ0v) is 21.5. The molecule has 0 atom stereocenters. The summed E-state index contributed by atoms with van der Waals surface area (Å²) in [6, 6.07) is 17.7. The van der Waals surface area contributed by atoms with Gasteiger partial charge in [-0.25, -0.2) is 0 Å². The lowest BCUT2D eigenvalue weighted by Crippen LogP contribution is -2.19. The summed E-state index contributed by atoms with van der Waals surface area (Å²) in [4.78, 5) is 25.5. The summed E-state index contributed by atoms with van der Waals surface area (Å²) in [5.41, 5.74) is 2.02. The first-order chi connectivity index (χ1) is 17.1. The molecule has 2 aromatic carbocycles. The Balaban J connectivity index is 0.000000250. The highest BCUT2D eigenvalue weighted by Crippen LogP contribution is 2.14. The van der Waals surface area contributed by atoms with Crippen LogP contribution in [-0.4, -0.2) is 50.4 Å². The van der Waals surface area contributed by atoms with Crippen LogP contribution in [0.5, 0.6) is 5.75 Å². The zero-order valence-electron chi connectivity index (χ0n) is 21.5. The van der Waals surface area contributed by atoms with Crippen LogP contribution in [0, 0.1) is 0 Å². The number of nitrogens with one attached hydrogen (secondary N) is 1. The average molecular weight is 479 g/mol. The predicted octanol–water partition coefficient (Wildman–Crippen LogP) is 6.15. The van der Waals surface area contributed by atoms with Gasteiger partial charge < -0.3 is 15.0 Å². The number of amides is 1. The Morgan fingerprint density at radius 2 is 1.60 bits per heavy atom. The van der Waals surface area contributed by atoms with Crippen molar-refractivity contribution < 1.29 is 14.3 Å². The lowest BCUT2D eigenvalue weighted by Gasteiger charge is -2.12. The summed E-state index contributed by atoms with van der Waals surface area (Å²) in [7, 11) is 3.23. The number of rotatable bonds is 13. The smallest absolute Gasteiger partial charge is 0.219 e. The number of hydrogen-bond acceptors (Lipinski definition) is 4. The molecule has 1 fully saturated rings. The molecule has 5 nitrogen and oxygen atoms in total. The van der Waals surface area contributed by atoms with Crippen molar-refractivity contribution in [2.24, 2.45) is 0 Å². The number of allylic oxidation sites excluding steroid dienone is 1. The van der Waals surface area contributed by atoms with Gasteiger partial charge in [-0.3, -0.25) is 9.59 Å². The number of methoxy groups -OCH3 is 1. The van der Waals surface area contributed by atoms with E-state index in [0.717, 1.165) is 25.0 Å². The van der Waals surface area contributed by atoms with Gasteiger partial charge in [-0.15, -0.1) is 0 Å². The molecule has 1 aliphatic rings. The third-order valence-corrected chi connectivity index (χ3v) is 6.15. The Hall–Kier alpha value is -2.92. The van der Waals surface area contributed by atoms with Crippen LogP contribution in [-0.2, 0) is 4.79 Å². The molecule has 5 heteroatoms. The van der Waals surface area contributed by atoms with Crippen LogP contribution in [0.1, 0.15) is 73.7 Å². The molecular formula is C30H42N2O3. The van der Waals surface area contributed by atoms with E-state index >= 15 is 0 Å². The molecule has 0 saturated carbocycles. The first-order valence-corrected chi connectivity index (χ1v) is 12.9. The second-order valence-corrected chi connectivity index (χ2v) is 8.89. The number of carbonyl (C=O) groups excluding carboxylic acids is 2. The van der Waals surface area contributed by atoms with E-state index in [1.165, 1.54) is 50.9 Å². The van der Waals surface area contributed by atoms with Crippen molar-refractivity contribution in [3.63, 3.8) is 0 Å². The van der Waals surface area contributed by atoms with Gasteiger partial charge in [-0.05, 0) is 88.0 Å². The molecule has 2 aromatic rings. The van der Waals surface area contributed by atoms with Gasteiger partial charge in [0.05, 0.1) is 7.11 Å². The number of benzene rings is 2. The minimum atomic E-state index is 0.0569. The van der Waals surface area contributed by atoms with E-state index in [9.17, 15) is 9.59 Å². The molecule has 1 saturated heterocycles. The number of nitrogens with zero attached hydrogens (tertiary/aromatic N) is 1. The number of ketones is 1. The quantitative estimate of drug-likeness (QED) is 0.277. The van der Waals surface area contributed by atoms with Gasteiger partial charge >= 0.3 is 0 Å². The Kier molecular flexibility index (Phi) is 14.2. The monoisotopic (exact) mass is 478 g/mol. The fourth-order valence-electron chi connectivity index (χ4n) is 4.02. The summed E-state index contributed by atoms with van der Waals surface area (Å²) in [6.45, 7) is 3.92. The lowest BCUT2D eigenvalue weighted by molar-refractivity contribution is -0.120. The normalized spacial score (nSPS) is 13.3. The van der Waals surface area contributed by atoms with Gasteiger partial charge in [0.15, 0.2) is 5.78 Å². The molecule has 0 radical (unpaired) electrons. The first-order valence-electron chi connectivity index (χ1n) is 12.9. The second kappa shape index (κ2) is 17.5. The van der Waals surface area contributed by atoms with E-state index in [2.05, 4.69) is 52.7 Å². The maximum absolute atomic E-state index is 11.9. The fourth-order valence-corrected chi connectivity index (χ4v) is 4.02. The molecule has 1 aliphatic heterocycles. The van der Waals surface area contributed by atoms with Crippen molar-refractivity contribution in [3.05, 3.63) is 71.8 Å². The van der Waals surface area contributed by atoms with Gasteiger partial charge in [0, 0.05) is 25.5 Å². The number of hydrogen-bond donors (Lipinski definition) is 1. The minimum absolute atomic E-state index is 0.0569. The van der Waals surface area contributed by atoms with Crippen LogP contribution in [0.3, 0.4) is 0 Å². The van der Waals surface area contributed by atoms with E-state index in [0.29, 0.717) is 18.4 Å². The van der Waals surface area contributed by atoms with Crippen molar-refractivity contribution in [2.75, 3.05) is 33.8 Å². The molecule has 190 valence electrons. The lowest BCUT2D eigenvalue weighted by atomic mass is 10.0. The van der Waals surface area contributed by atoms with Crippen LogP contribution in [0.15, 0.2) is 60.7 Å². The molecule has 0 aromatic heterocycles. The highest BCUT2D eigenvalue weighted by Gasteiger charge is 2.09. The van der Waals surface area contributed by atoms with Crippen LogP contribution < -0.4 is 10.1 Å². The topological polar surface area (TPSA) is 58.6 Å². The van der Waals surface area contributed by atoms with Gasteiger partial charge in [-0.2, -0.15) is 0 Å². The summed E-state index contributed by atoms with van der Waals surface area (Å²) >= 11 is 0. The highest BCUT2D eigenvalue weighted by atomic mass is 16.5. The Morgan fingerprint density at radius 3 is 2.26 bits per heavy atom. The molecule has 0 spiro atoms. The van der Waals surface area contributed by atoms with Crippen molar-refractivity contribution in [1.29, 1.82) is 0 Å². The molecule has 1 heterocycles. The van der Waals surface area contributed by atoms with Crippen molar-refractivity contribution in [2.45, 2.75) is 57.8 Å². The van der Waals surface area contributed by atoms with Crippen molar-refractivity contribution >= 4 is 17.8 Å². The number of likely N-dealkylation sites (tertiary alicyclic amines) is 1. The van der Waals surface area contributed by atoms with Gasteiger partial charge in [0.2, 0.25) is 5.91 Å². The number of Topliss-reactive ketones (excluding diaryl/α,β-unsaturated/α-hetero) is 1. The molecule has 35 heavy (non-hydrogen) atoms. The largest absolute Gasteiger partial charge is 0.497 e. The maximum atomic E-state index is 11.9. The number of unbranched alkanes of at least 4 members (excludes halogenated alkanes) is 3. The maximum Gasteiger partial charge on any atom is 0.219 e. The van der Waals surface area contributed by atoms with E-state index in [1.807, 2.05) is 0 Å². The van der Waals surface area contributed by atoms with Gasteiger partial charge in [0.25, 0.3) is 0 Å². The Morgan fingerprint density at radius 1 is 0.914 bits per heavy atom. The number of carbonyl (C=O) groups is 2. The molecule has 0 bridgehead atoms. The fraction of sp³-hybridized carbons (Fsp3) is 0.467. The molecule has 1 amide bonds. The van der Waals surface area contributed by atoms with E-state index in [4.69, 9.17) is 4.74 Å². The highest BCUT2D eigenvalue weighted by molar-refractivity contribution is 5.96. The molecule has 0 unspecified atom stereocenters. The third kappa shape index (κ3) is 12.4. The minimum Gasteiger partial charge on any atom is -0.497 e. The molecule has 1 N–H and O–H groups in total. The zero-order chi connectivity index (χ0) is 25.1.